The summed E-state index contributed by atoms with van der Waals surface area (Å²) in [4.78, 5) is 10.2. The van der Waals surface area contributed by atoms with E-state index in [1.165, 1.54) is 0 Å². The predicted octanol–water partition coefficient (Wildman–Crippen LogP) is 3.76. The molecular formula is C23H29N5O2. The molecular weight excluding hydrogens is 378 g/mol. The van der Waals surface area contributed by atoms with Crippen LogP contribution in [-0.4, -0.2) is 37.3 Å². The smallest absolute Gasteiger partial charge is 0.221 e. The van der Waals surface area contributed by atoms with Crippen molar-refractivity contribution in [1.29, 1.82) is 0 Å². The van der Waals surface area contributed by atoms with Gasteiger partial charge in [-0.25, -0.2) is 4.98 Å². The van der Waals surface area contributed by atoms with Crippen LogP contribution in [0.5, 0.6) is 11.5 Å². The Kier molecular flexibility index (Phi) is 6.61. The number of benzene rings is 2. The molecule has 158 valence electrons. The van der Waals surface area contributed by atoms with Gasteiger partial charge in [-0.2, -0.15) is 4.98 Å². The van der Waals surface area contributed by atoms with E-state index in [2.05, 4.69) is 33.1 Å². The zero-order valence-electron chi connectivity index (χ0n) is 18.0. The number of nitrogens with two attached hydrogens (primary N) is 2. The third-order valence-corrected chi connectivity index (χ3v) is 4.69. The maximum atomic E-state index is 6.03. The lowest BCUT2D eigenvalue weighted by molar-refractivity contribution is 0.325. The number of rotatable bonds is 8. The van der Waals surface area contributed by atoms with Crippen LogP contribution in [0.15, 0.2) is 42.6 Å². The fourth-order valence-electron chi connectivity index (χ4n) is 3.30. The Labute approximate surface area is 177 Å². The molecule has 0 fully saturated rings. The molecule has 0 amide bonds. The van der Waals surface area contributed by atoms with Crippen LogP contribution in [0.3, 0.4) is 0 Å². The van der Waals surface area contributed by atoms with E-state index in [-0.39, 0.29) is 5.95 Å². The summed E-state index contributed by atoms with van der Waals surface area (Å²) in [5, 5.41) is 0. The van der Waals surface area contributed by atoms with E-state index >= 15 is 0 Å². The molecule has 0 aliphatic rings. The first-order chi connectivity index (χ1) is 14.4. The molecule has 2 aromatic carbocycles. The molecule has 4 N–H and O–H groups in total. The first-order valence-corrected chi connectivity index (χ1v) is 10.00. The van der Waals surface area contributed by atoms with E-state index in [1.807, 2.05) is 46.1 Å². The number of nitrogens with zero attached hydrogens (tertiary/aromatic N) is 3. The van der Waals surface area contributed by atoms with E-state index in [9.17, 15) is 0 Å². The lowest BCUT2D eigenvalue weighted by Gasteiger charge is -2.19. The topological polar surface area (TPSA) is 99.5 Å². The summed E-state index contributed by atoms with van der Waals surface area (Å²) in [6.45, 7) is 5.03. The molecule has 3 rings (SSSR count). The lowest BCUT2D eigenvalue weighted by atomic mass is 9.98. The van der Waals surface area contributed by atoms with E-state index < -0.39 is 0 Å². The first kappa shape index (κ1) is 21.2. The van der Waals surface area contributed by atoms with Crippen LogP contribution in [0.4, 0.5) is 17.5 Å². The van der Waals surface area contributed by atoms with Crippen LogP contribution in [0.2, 0.25) is 0 Å². The Hall–Kier alpha value is -3.48. The fraction of sp³-hybridized carbons (Fsp3) is 0.304. The minimum atomic E-state index is 0.164. The van der Waals surface area contributed by atoms with Crippen molar-refractivity contribution in [1.82, 2.24) is 9.97 Å². The summed E-state index contributed by atoms with van der Waals surface area (Å²) in [5.41, 5.74) is 16.5. The predicted molar refractivity (Wildman–Crippen MR) is 122 cm³/mol. The van der Waals surface area contributed by atoms with Gasteiger partial charge in [0.05, 0.1) is 18.8 Å². The summed E-state index contributed by atoms with van der Waals surface area (Å²) >= 11 is 0. The highest BCUT2D eigenvalue weighted by molar-refractivity contribution is 5.80. The summed E-state index contributed by atoms with van der Waals surface area (Å²) in [7, 11) is 4.04. The van der Waals surface area contributed by atoms with Crippen molar-refractivity contribution in [2.75, 3.05) is 43.7 Å². The molecule has 7 heteroatoms. The second-order valence-corrected chi connectivity index (χ2v) is 7.09. The molecule has 0 spiro atoms. The van der Waals surface area contributed by atoms with Gasteiger partial charge in [0.1, 0.15) is 17.3 Å². The van der Waals surface area contributed by atoms with Gasteiger partial charge in [-0.15, -0.1) is 0 Å². The number of nitrogen functional groups attached to an aromatic ring is 2. The van der Waals surface area contributed by atoms with Gasteiger partial charge in [-0.05, 0) is 49.2 Å². The summed E-state index contributed by atoms with van der Waals surface area (Å²) < 4.78 is 12.1. The maximum absolute atomic E-state index is 6.03. The monoisotopic (exact) mass is 407 g/mol. The van der Waals surface area contributed by atoms with Gasteiger partial charge in [0.25, 0.3) is 0 Å². The van der Waals surface area contributed by atoms with Crippen molar-refractivity contribution < 1.29 is 9.47 Å². The molecule has 0 radical (unpaired) electrons. The number of hydrogen-bond acceptors (Lipinski definition) is 7. The molecule has 0 aliphatic heterocycles. The standard InChI is InChI=1S/C23H29N5O2/c1-5-29-19-11-15(10-17-14-26-23(25)27-22(17)24)12-20(30-6-2)21(19)16-8-7-9-18(13-16)28(3)4/h7-9,11-14H,5-6,10H2,1-4H3,(H4,24,25,26,27). The zero-order chi connectivity index (χ0) is 21.7. The quantitative estimate of drug-likeness (QED) is 0.586. The Bertz CT molecular complexity index is 993. The molecule has 30 heavy (non-hydrogen) atoms. The third-order valence-electron chi connectivity index (χ3n) is 4.69. The van der Waals surface area contributed by atoms with E-state index in [1.54, 1.807) is 6.20 Å². The number of anilines is 3. The molecule has 1 heterocycles. The molecule has 7 nitrogen and oxygen atoms in total. The largest absolute Gasteiger partial charge is 0.493 e. The van der Waals surface area contributed by atoms with Gasteiger partial charge in [0, 0.05) is 38.0 Å². The molecule has 1 aromatic heterocycles. The van der Waals surface area contributed by atoms with Crippen LogP contribution < -0.4 is 25.8 Å². The van der Waals surface area contributed by atoms with Crippen molar-refractivity contribution in [3.8, 4) is 22.6 Å². The van der Waals surface area contributed by atoms with Gasteiger partial charge < -0.3 is 25.8 Å². The number of hydrogen-bond donors (Lipinski definition) is 2. The second kappa shape index (κ2) is 9.35. The van der Waals surface area contributed by atoms with Crippen LogP contribution >= 0.6 is 0 Å². The van der Waals surface area contributed by atoms with Crippen molar-refractivity contribution in [3.63, 3.8) is 0 Å². The Morgan fingerprint density at radius 1 is 0.967 bits per heavy atom. The third kappa shape index (κ3) is 4.74. The zero-order valence-corrected chi connectivity index (χ0v) is 18.0. The van der Waals surface area contributed by atoms with Gasteiger partial charge in [0.15, 0.2) is 0 Å². The average molecular weight is 408 g/mol. The second-order valence-electron chi connectivity index (χ2n) is 7.09. The van der Waals surface area contributed by atoms with E-state index in [0.717, 1.165) is 39.4 Å². The lowest BCUT2D eigenvalue weighted by Crippen LogP contribution is -2.08. The Morgan fingerprint density at radius 2 is 1.63 bits per heavy atom. The molecule has 0 unspecified atom stereocenters. The normalized spacial score (nSPS) is 10.7. The van der Waals surface area contributed by atoms with E-state index in [4.69, 9.17) is 20.9 Å². The highest BCUT2D eigenvalue weighted by Crippen LogP contribution is 2.41. The fourth-order valence-corrected chi connectivity index (χ4v) is 3.30. The van der Waals surface area contributed by atoms with Crippen LogP contribution in [0.25, 0.3) is 11.1 Å². The van der Waals surface area contributed by atoms with Crippen molar-refractivity contribution >= 4 is 17.5 Å². The number of ether oxygens (including phenoxy) is 2. The Balaban J connectivity index is 2.11. The van der Waals surface area contributed by atoms with Crippen LogP contribution in [0, 0.1) is 0 Å². The van der Waals surface area contributed by atoms with Gasteiger partial charge in [-0.1, -0.05) is 12.1 Å². The number of aromatic nitrogens is 2. The summed E-state index contributed by atoms with van der Waals surface area (Å²) in [5.74, 6) is 2.08. The summed E-state index contributed by atoms with van der Waals surface area (Å²) in [6.07, 6.45) is 2.21. The molecule has 3 aromatic rings. The van der Waals surface area contributed by atoms with Crippen molar-refractivity contribution in [2.45, 2.75) is 20.3 Å². The van der Waals surface area contributed by atoms with Gasteiger partial charge >= 0.3 is 0 Å². The van der Waals surface area contributed by atoms with Gasteiger partial charge in [-0.3, -0.25) is 0 Å². The minimum Gasteiger partial charge on any atom is -0.493 e. The van der Waals surface area contributed by atoms with Gasteiger partial charge in [0.2, 0.25) is 5.95 Å². The van der Waals surface area contributed by atoms with Crippen molar-refractivity contribution in [2.24, 2.45) is 0 Å². The summed E-state index contributed by atoms with van der Waals surface area (Å²) in [6, 6.07) is 12.4. The SMILES string of the molecule is CCOc1cc(Cc2cnc(N)nc2N)cc(OCC)c1-c1cccc(N(C)C)c1. The molecule has 0 bridgehead atoms. The van der Waals surface area contributed by atoms with Crippen LogP contribution in [0.1, 0.15) is 25.0 Å². The molecule has 0 saturated carbocycles. The van der Waals surface area contributed by atoms with E-state index in [0.29, 0.717) is 25.5 Å². The maximum Gasteiger partial charge on any atom is 0.221 e. The highest BCUT2D eigenvalue weighted by Gasteiger charge is 2.17. The molecule has 0 aliphatic carbocycles. The van der Waals surface area contributed by atoms with Crippen molar-refractivity contribution in [3.05, 3.63) is 53.7 Å². The molecule has 0 atom stereocenters. The minimum absolute atomic E-state index is 0.164. The Morgan fingerprint density at radius 3 is 2.20 bits per heavy atom. The first-order valence-electron chi connectivity index (χ1n) is 10.00. The molecule has 0 saturated heterocycles. The average Bonchev–Trinajstić information content (AvgIpc) is 2.71. The highest BCUT2D eigenvalue weighted by atomic mass is 16.5. The van der Waals surface area contributed by atoms with Crippen LogP contribution in [-0.2, 0) is 6.42 Å².